The Labute approximate surface area is 259 Å². The van der Waals surface area contributed by atoms with Gasteiger partial charge in [0.15, 0.2) is 11.5 Å². The lowest BCUT2D eigenvalue weighted by Crippen LogP contribution is -2.51. The Bertz CT molecular complexity index is 1840. The summed E-state index contributed by atoms with van der Waals surface area (Å²) in [5, 5.41) is 12.5. The Hall–Kier alpha value is -3.65. The predicted octanol–water partition coefficient (Wildman–Crippen LogP) is 6.09. The second-order valence-corrected chi connectivity index (χ2v) is 13.0. The van der Waals surface area contributed by atoms with Gasteiger partial charge in [-0.25, -0.2) is 18.2 Å². The third kappa shape index (κ3) is 6.41. The first-order valence-corrected chi connectivity index (χ1v) is 15.4. The summed E-state index contributed by atoms with van der Waals surface area (Å²) in [6, 6.07) is 9.84. The zero-order chi connectivity index (χ0) is 32.0. The number of aryl methyl sites for hydroxylation is 1. The van der Waals surface area contributed by atoms with Crippen LogP contribution in [0.4, 0.5) is 13.2 Å². The van der Waals surface area contributed by atoms with Gasteiger partial charge in [0.25, 0.3) is 0 Å². The Morgan fingerprint density at radius 1 is 1.11 bits per heavy atom. The summed E-state index contributed by atoms with van der Waals surface area (Å²) < 4.78 is 73.5. The molecular weight excluding hydrogens is 646 g/mol. The van der Waals surface area contributed by atoms with Gasteiger partial charge in [-0.15, -0.1) is 0 Å². The molecule has 0 spiro atoms. The number of aliphatic carboxylic acids is 1. The molecule has 0 radical (unpaired) electrons. The summed E-state index contributed by atoms with van der Waals surface area (Å²) in [6.45, 7) is 1.49. The smallest absolute Gasteiger partial charge is 0.418 e. The van der Waals surface area contributed by atoms with Crippen molar-refractivity contribution in [1.29, 1.82) is 0 Å². The number of carbonyl (C=O) groups excluding carboxylic acids is 1. The average molecular weight is 670 g/mol. The SMILES string of the molecule is Cc1nc2c(C(F)(F)F)ccc(-c3ccc(C[C@H](NC(=O)[C@@H]4CCCN4S(=O)(=O)c4cc(Cl)cc(Cl)c4)C(=O)O)cc3)c2o1. The summed E-state index contributed by atoms with van der Waals surface area (Å²) in [6.07, 6.45) is -4.20. The molecule has 5 rings (SSSR count). The Kier molecular flexibility index (Phi) is 8.69. The molecule has 2 atom stereocenters. The average Bonchev–Trinajstić information content (AvgIpc) is 3.58. The number of alkyl halides is 3. The second-order valence-electron chi connectivity index (χ2n) is 10.2. The highest BCUT2D eigenvalue weighted by Gasteiger charge is 2.41. The number of carboxylic acids is 1. The van der Waals surface area contributed by atoms with Crippen molar-refractivity contribution in [3.05, 3.63) is 81.7 Å². The zero-order valence-corrected chi connectivity index (χ0v) is 25.2. The number of rotatable bonds is 8. The molecule has 0 bridgehead atoms. The number of amides is 1. The highest BCUT2D eigenvalue weighted by molar-refractivity contribution is 7.89. The molecule has 0 saturated carbocycles. The van der Waals surface area contributed by atoms with Gasteiger partial charge in [0.1, 0.15) is 17.6 Å². The highest BCUT2D eigenvalue weighted by Crippen LogP contribution is 2.39. The molecule has 1 aliphatic heterocycles. The summed E-state index contributed by atoms with van der Waals surface area (Å²) in [5.41, 5.74) is 0.111. The van der Waals surface area contributed by atoms with E-state index in [1.807, 2.05) is 0 Å². The molecule has 2 heterocycles. The maximum Gasteiger partial charge on any atom is 0.418 e. The van der Waals surface area contributed by atoms with Gasteiger partial charge in [-0.1, -0.05) is 47.5 Å². The van der Waals surface area contributed by atoms with Crippen molar-refractivity contribution in [1.82, 2.24) is 14.6 Å². The van der Waals surface area contributed by atoms with Crippen molar-refractivity contribution >= 4 is 56.2 Å². The van der Waals surface area contributed by atoms with E-state index in [1.165, 1.54) is 31.2 Å². The largest absolute Gasteiger partial charge is 0.480 e. The van der Waals surface area contributed by atoms with E-state index < -0.39 is 45.7 Å². The molecule has 0 aliphatic carbocycles. The van der Waals surface area contributed by atoms with Gasteiger partial charge in [0, 0.05) is 35.5 Å². The van der Waals surface area contributed by atoms with Crippen molar-refractivity contribution in [2.24, 2.45) is 0 Å². The molecule has 1 saturated heterocycles. The molecule has 15 heteroatoms. The summed E-state index contributed by atoms with van der Waals surface area (Å²) in [4.78, 5) is 29.0. The van der Waals surface area contributed by atoms with E-state index in [4.69, 9.17) is 27.6 Å². The molecular formula is C29H24Cl2F3N3O6S. The number of benzene rings is 3. The third-order valence-electron chi connectivity index (χ3n) is 7.22. The fourth-order valence-corrected chi connectivity index (χ4v) is 7.58. The summed E-state index contributed by atoms with van der Waals surface area (Å²) in [7, 11) is -4.17. The van der Waals surface area contributed by atoms with Crippen molar-refractivity contribution < 1.29 is 40.7 Å². The number of carboxylic acid groups (broad SMARTS) is 1. The number of oxazole rings is 1. The molecule has 1 amide bonds. The first-order chi connectivity index (χ1) is 20.6. The van der Waals surface area contributed by atoms with Gasteiger partial charge in [0.05, 0.1) is 10.5 Å². The highest BCUT2D eigenvalue weighted by atomic mass is 35.5. The number of sulfonamides is 1. The number of aromatic nitrogens is 1. The van der Waals surface area contributed by atoms with Gasteiger partial charge < -0.3 is 14.8 Å². The van der Waals surface area contributed by atoms with Gasteiger partial charge in [-0.2, -0.15) is 17.5 Å². The van der Waals surface area contributed by atoms with E-state index in [0.29, 0.717) is 23.1 Å². The predicted molar refractivity (Wildman–Crippen MR) is 156 cm³/mol. The van der Waals surface area contributed by atoms with Gasteiger partial charge in [-0.3, -0.25) is 4.79 Å². The van der Waals surface area contributed by atoms with Crippen LogP contribution in [0.25, 0.3) is 22.2 Å². The summed E-state index contributed by atoms with van der Waals surface area (Å²) >= 11 is 12.0. The fraction of sp³-hybridized carbons (Fsp3) is 0.276. The monoisotopic (exact) mass is 669 g/mol. The molecule has 1 aliphatic rings. The van der Waals surface area contributed by atoms with E-state index in [2.05, 4.69) is 10.3 Å². The minimum absolute atomic E-state index is 0.0307. The van der Waals surface area contributed by atoms with Crippen LogP contribution in [0.1, 0.15) is 29.9 Å². The van der Waals surface area contributed by atoms with Crippen LogP contribution >= 0.6 is 23.2 Å². The van der Waals surface area contributed by atoms with Crippen molar-refractivity contribution in [2.45, 2.75) is 49.3 Å². The fourth-order valence-electron chi connectivity index (χ4n) is 5.20. The zero-order valence-electron chi connectivity index (χ0n) is 22.9. The van der Waals surface area contributed by atoms with Crippen LogP contribution in [0.15, 0.2) is 63.9 Å². The van der Waals surface area contributed by atoms with Crippen LogP contribution in [-0.2, 0) is 32.2 Å². The first kappa shape index (κ1) is 31.8. The van der Waals surface area contributed by atoms with Crippen molar-refractivity contribution in [3.63, 3.8) is 0 Å². The minimum Gasteiger partial charge on any atom is -0.480 e. The van der Waals surface area contributed by atoms with Gasteiger partial charge >= 0.3 is 12.1 Å². The van der Waals surface area contributed by atoms with Crippen LogP contribution < -0.4 is 5.32 Å². The van der Waals surface area contributed by atoms with Gasteiger partial charge in [0.2, 0.25) is 15.9 Å². The lowest BCUT2D eigenvalue weighted by molar-refractivity contribution is -0.142. The number of fused-ring (bicyclic) bond motifs is 1. The Morgan fingerprint density at radius 2 is 1.77 bits per heavy atom. The number of carbonyl (C=O) groups is 2. The van der Waals surface area contributed by atoms with Crippen LogP contribution in [0, 0.1) is 6.92 Å². The van der Waals surface area contributed by atoms with Crippen molar-refractivity contribution in [3.8, 4) is 11.1 Å². The minimum atomic E-state index is -4.62. The van der Waals surface area contributed by atoms with E-state index >= 15 is 0 Å². The molecule has 3 aromatic carbocycles. The molecule has 0 unspecified atom stereocenters. The van der Waals surface area contributed by atoms with Gasteiger partial charge in [-0.05, 0) is 54.3 Å². The number of nitrogens with one attached hydrogen (secondary N) is 1. The van der Waals surface area contributed by atoms with Crippen LogP contribution in [0.2, 0.25) is 10.0 Å². The second kappa shape index (κ2) is 12.0. The normalized spacial score (nSPS) is 16.7. The Morgan fingerprint density at radius 3 is 2.39 bits per heavy atom. The van der Waals surface area contributed by atoms with Crippen LogP contribution in [0.5, 0.6) is 0 Å². The number of hydrogen-bond donors (Lipinski definition) is 2. The number of hydrogen-bond acceptors (Lipinski definition) is 6. The maximum atomic E-state index is 13.5. The standard InChI is InChI=1S/C29H24Cl2F3N3O6S/c1-15-35-25-22(29(32,33)34)9-8-21(26(25)43-15)17-6-4-16(5-7-17)11-23(28(39)40)36-27(38)24-3-2-10-37(24)44(41,42)20-13-18(30)12-19(31)14-20/h4-9,12-14,23-24H,2-3,10-11H2,1H3,(H,36,38)(H,39,40)/t23-,24-/m0/s1. The number of halogens is 5. The van der Waals surface area contributed by atoms with Crippen molar-refractivity contribution in [2.75, 3.05) is 6.54 Å². The molecule has 1 fully saturated rings. The van der Waals surface area contributed by atoms with E-state index in [9.17, 15) is 36.3 Å². The summed E-state index contributed by atoms with van der Waals surface area (Å²) in [5.74, 6) is -2.03. The van der Waals surface area contributed by atoms with E-state index in [1.54, 1.807) is 24.3 Å². The molecule has 232 valence electrons. The molecule has 1 aromatic heterocycles. The lowest BCUT2D eigenvalue weighted by Gasteiger charge is -2.25. The lowest BCUT2D eigenvalue weighted by atomic mass is 9.98. The molecule has 2 N–H and O–H groups in total. The maximum absolute atomic E-state index is 13.5. The van der Waals surface area contributed by atoms with Crippen LogP contribution in [0.3, 0.4) is 0 Å². The Balaban J connectivity index is 1.33. The quantitative estimate of drug-likeness (QED) is 0.232. The topological polar surface area (TPSA) is 130 Å². The van der Waals surface area contributed by atoms with E-state index in [-0.39, 0.29) is 51.3 Å². The molecule has 44 heavy (non-hydrogen) atoms. The number of nitrogens with zero attached hydrogens (tertiary/aromatic N) is 2. The molecule has 4 aromatic rings. The van der Waals surface area contributed by atoms with Crippen LogP contribution in [-0.4, -0.2) is 53.3 Å². The molecule has 9 nitrogen and oxygen atoms in total. The first-order valence-electron chi connectivity index (χ1n) is 13.2. The van der Waals surface area contributed by atoms with E-state index in [0.717, 1.165) is 10.4 Å². The third-order valence-corrected chi connectivity index (χ3v) is 9.55.